The molecule has 2 nitrogen and oxygen atoms in total. The van der Waals surface area contributed by atoms with Gasteiger partial charge in [0.05, 0.1) is 11.4 Å². The molecule has 0 bridgehead atoms. The first-order valence-corrected chi connectivity index (χ1v) is 10.3. The lowest BCUT2D eigenvalue weighted by Crippen LogP contribution is -2.54. The normalized spacial score (nSPS) is 34.5. The van der Waals surface area contributed by atoms with E-state index in [0.29, 0.717) is 0 Å². The van der Waals surface area contributed by atoms with Crippen LogP contribution in [0.4, 0.5) is 0 Å². The highest BCUT2D eigenvalue weighted by Gasteiger charge is 2.55. The zero-order valence-corrected chi connectivity index (χ0v) is 16.8. The fourth-order valence-corrected chi connectivity index (χ4v) is 6.84. The average Bonchev–Trinajstić information content (AvgIpc) is 2.60. The third-order valence-corrected chi connectivity index (χ3v) is 7.07. The van der Waals surface area contributed by atoms with Crippen molar-refractivity contribution in [3.63, 3.8) is 0 Å². The van der Waals surface area contributed by atoms with E-state index < -0.39 is 0 Å². The Morgan fingerprint density at radius 1 is 1.10 bits per heavy atom. The molecule has 0 amide bonds. The lowest BCUT2D eigenvalue weighted by atomic mass is 9.84. The van der Waals surface area contributed by atoms with Gasteiger partial charge >= 0.3 is 0 Å². The summed E-state index contributed by atoms with van der Waals surface area (Å²) >= 11 is 5.15. The second kappa shape index (κ2) is 5.23. The number of nitrogens with one attached hydrogen (secondary N) is 1. The first-order valence-electron chi connectivity index (χ1n) is 8.12. The van der Waals surface area contributed by atoms with Gasteiger partial charge in [-0.3, -0.25) is 5.32 Å². The first kappa shape index (κ1) is 15.0. The number of fused-ring (bicyclic) bond motifs is 2. The van der Waals surface area contributed by atoms with E-state index in [4.69, 9.17) is 0 Å². The molecule has 2 saturated carbocycles. The fourth-order valence-electron chi connectivity index (χ4n) is 4.33. The Morgan fingerprint density at radius 2 is 1.81 bits per heavy atom. The molecule has 0 aromatic rings. The topological polar surface area (TPSA) is 15.3 Å². The Balaban J connectivity index is 1.87. The zero-order valence-electron chi connectivity index (χ0n) is 12.5. The summed E-state index contributed by atoms with van der Waals surface area (Å²) in [5.74, 6) is 0. The third kappa shape index (κ3) is 2.26. The summed E-state index contributed by atoms with van der Waals surface area (Å²) in [5, 5.41) is 4.03. The molecule has 4 aliphatic rings. The molecule has 21 heavy (non-hydrogen) atoms. The van der Waals surface area contributed by atoms with E-state index in [1.165, 1.54) is 66.3 Å². The van der Waals surface area contributed by atoms with Crippen LogP contribution in [0.5, 0.6) is 0 Å². The van der Waals surface area contributed by atoms with Crippen molar-refractivity contribution in [2.24, 2.45) is 0 Å². The van der Waals surface area contributed by atoms with E-state index in [0.717, 1.165) is 0 Å². The van der Waals surface area contributed by atoms with Crippen LogP contribution in [0, 0.1) is 0 Å². The van der Waals surface area contributed by atoms with Gasteiger partial charge in [0.15, 0.2) is 0 Å². The largest absolute Gasteiger partial charge is 0.323 e. The van der Waals surface area contributed by atoms with Gasteiger partial charge in [0.2, 0.25) is 0 Å². The molecular weight excluding hydrogens is 486 g/mol. The minimum absolute atomic E-state index is 0.0476. The van der Waals surface area contributed by atoms with E-state index in [-0.39, 0.29) is 9.21 Å². The predicted molar refractivity (Wildman–Crippen MR) is 104 cm³/mol. The van der Waals surface area contributed by atoms with Crippen LogP contribution in [0.25, 0.3) is 0 Å². The molecular formula is C17H22I2N2. The lowest BCUT2D eigenvalue weighted by Gasteiger charge is -2.45. The molecule has 2 aliphatic heterocycles. The van der Waals surface area contributed by atoms with Gasteiger partial charge in [0, 0.05) is 9.28 Å². The number of hydrogen-bond donors (Lipinski definition) is 1. The molecule has 1 saturated heterocycles. The number of allylic oxidation sites excluding steroid dienone is 4. The van der Waals surface area contributed by atoms with Gasteiger partial charge in [-0.25, -0.2) is 0 Å². The van der Waals surface area contributed by atoms with Crippen LogP contribution in [0.1, 0.15) is 58.3 Å². The van der Waals surface area contributed by atoms with Crippen molar-refractivity contribution in [3.05, 3.63) is 32.7 Å². The quantitative estimate of drug-likeness (QED) is 0.270. The van der Waals surface area contributed by atoms with Gasteiger partial charge in [-0.15, -0.1) is 0 Å². The maximum atomic E-state index is 4.03. The monoisotopic (exact) mass is 508 g/mol. The molecule has 1 unspecified atom stereocenters. The smallest absolute Gasteiger partial charge is 0.111 e. The van der Waals surface area contributed by atoms with Crippen LogP contribution in [0.2, 0.25) is 0 Å². The molecule has 0 aromatic heterocycles. The second-order valence-electron chi connectivity index (χ2n) is 6.93. The highest BCUT2D eigenvalue weighted by Crippen LogP contribution is 2.53. The van der Waals surface area contributed by atoms with Gasteiger partial charge in [-0.2, -0.15) is 0 Å². The van der Waals surface area contributed by atoms with Crippen molar-refractivity contribution < 1.29 is 0 Å². The SMILES string of the molecule is CC1(I)NC2(CCCCC2)N2C(=C3CCC3)C=CC(I)=C21. The Labute approximate surface area is 154 Å². The van der Waals surface area contributed by atoms with E-state index in [2.05, 4.69) is 74.5 Å². The van der Waals surface area contributed by atoms with Crippen LogP contribution in [-0.4, -0.2) is 14.1 Å². The van der Waals surface area contributed by atoms with Crippen LogP contribution < -0.4 is 5.32 Å². The van der Waals surface area contributed by atoms with Crippen molar-refractivity contribution in [2.75, 3.05) is 0 Å². The Hall–Kier alpha value is 0.440. The molecule has 0 aromatic carbocycles. The molecule has 1 N–H and O–H groups in total. The van der Waals surface area contributed by atoms with Crippen LogP contribution in [-0.2, 0) is 0 Å². The molecule has 4 rings (SSSR count). The summed E-state index contributed by atoms with van der Waals surface area (Å²) in [6.07, 6.45) is 15.4. The average molecular weight is 508 g/mol. The molecule has 1 spiro atoms. The Bertz CT molecular complexity index is 559. The highest BCUT2D eigenvalue weighted by atomic mass is 127. The van der Waals surface area contributed by atoms with Crippen molar-refractivity contribution in [1.29, 1.82) is 0 Å². The number of hydrogen-bond acceptors (Lipinski definition) is 2. The number of alkyl halides is 1. The minimum atomic E-state index is 0.0476. The molecule has 0 radical (unpaired) electrons. The van der Waals surface area contributed by atoms with E-state index in [1.807, 2.05) is 0 Å². The number of nitrogens with zero attached hydrogens (tertiary/aromatic N) is 1. The van der Waals surface area contributed by atoms with Gasteiger partial charge in [-0.1, -0.05) is 29.0 Å². The van der Waals surface area contributed by atoms with E-state index >= 15 is 0 Å². The number of rotatable bonds is 0. The standard InChI is InChI=1S/C17H22I2N2/c1-16(19)15-13(18)8-9-14(12-6-5-7-12)21(15)17(20-16)10-3-2-4-11-17/h8-9,20H,2-7,10-11H2,1H3. The summed E-state index contributed by atoms with van der Waals surface area (Å²) in [6, 6.07) is 0. The third-order valence-electron chi connectivity index (χ3n) is 5.42. The van der Waals surface area contributed by atoms with Crippen molar-refractivity contribution in [3.8, 4) is 0 Å². The second-order valence-corrected chi connectivity index (χ2v) is 10.2. The Kier molecular flexibility index (Phi) is 3.73. The van der Waals surface area contributed by atoms with Crippen LogP contribution >= 0.6 is 45.2 Å². The lowest BCUT2D eigenvalue weighted by molar-refractivity contribution is 0.119. The first-order chi connectivity index (χ1) is 10.0. The maximum Gasteiger partial charge on any atom is 0.111 e. The van der Waals surface area contributed by atoms with Crippen LogP contribution in [0.3, 0.4) is 0 Å². The molecule has 4 heteroatoms. The van der Waals surface area contributed by atoms with Crippen molar-refractivity contribution >= 4 is 45.2 Å². The summed E-state index contributed by atoms with van der Waals surface area (Å²) in [4.78, 5) is 2.72. The molecule has 114 valence electrons. The summed E-state index contributed by atoms with van der Waals surface area (Å²) in [5.41, 5.74) is 4.87. The number of halogens is 2. The zero-order chi connectivity index (χ0) is 14.7. The molecule has 2 aliphatic carbocycles. The summed E-state index contributed by atoms with van der Waals surface area (Å²) in [7, 11) is 0. The van der Waals surface area contributed by atoms with Crippen LogP contribution in [0.15, 0.2) is 32.7 Å². The van der Waals surface area contributed by atoms with Crippen molar-refractivity contribution in [1.82, 2.24) is 10.2 Å². The summed E-state index contributed by atoms with van der Waals surface area (Å²) < 4.78 is 1.45. The maximum absolute atomic E-state index is 4.03. The summed E-state index contributed by atoms with van der Waals surface area (Å²) in [6.45, 7) is 2.35. The molecule has 1 atom stereocenters. The Morgan fingerprint density at radius 3 is 2.43 bits per heavy atom. The fraction of sp³-hybridized carbons (Fsp3) is 0.647. The highest BCUT2D eigenvalue weighted by molar-refractivity contribution is 14.1. The van der Waals surface area contributed by atoms with Gasteiger partial charge in [-0.05, 0) is 92.2 Å². The minimum Gasteiger partial charge on any atom is -0.323 e. The predicted octanol–water partition coefficient (Wildman–Crippen LogP) is 5.36. The molecule has 3 fully saturated rings. The van der Waals surface area contributed by atoms with E-state index in [1.54, 1.807) is 5.57 Å². The van der Waals surface area contributed by atoms with Gasteiger partial charge in [0.25, 0.3) is 0 Å². The molecule has 2 heterocycles. The van der Waals surface area contributed by atoms with E-state index in [9.17, 15) is 0 Å². The van der Waals surface area contributed by atoms with Gasteiger partial charge < -0.3 is 4.90 Å². The van der Waals surface area contributed by atoms with Gasteiger partial charge in [0.1, 0.15) is 3.55 Å². The van der Waals surface area contributed by atoms with Crippen molar-refractivity contribution in [2.45, 2.75) is 67.5 Å².